The first kappa shape index (κ1) is 9.95. The van der Waals surface area contributed by atoms with Crippen LogP contribution in [0.4, 0.5) is 0 Å². The van der Waals surface area contributed by atoms with Crippen molar-refractivity contribution in [2.45, 2.75) is 13.3 Å². The summed E-state index contributed by atoms with van der Waals surface area (Å²) in [4.78, 5) is 0. The fraction of sp³-hybridized carbons (Fsp3) is 0.600. The second kappa shape index (κ2) is 9.27. The number of hydrogen-bond donors (Lipinski definition) is 1. The minimum absolute atomic E-state index is 0. The van der Waals surface area contributed by atoms with Gasteiger partial charge in [0.05, 0.1) is 0 Å². The Kier molecular flexibility index (Phi) is 13.2. The Bertz CT molecular complexity index is 37.3. The minimum Gasteiger partial charge on any atom is -0.394 e. The maximum absolute atomic E-state index is 2.89. The molecule has 0 spiro atoms. The Labute approximate surface area is 51.2 Å². The lowest BCUT2D eigenvalue weighted by atomic mass is 10.5. The first-order valence-electron chi connectivity index (χ1n) is 2.24. The molecule has 0 atom stereocenters. The Morgan fingerprint density at radius 3 is 2.29 bits per heavy atom. The van der Waals surface area contributed by atoms with Crippen molar-refractivity contribution in [3.63, 3.8) is 0 Å². The number of halogens is 1. The van der Waals surface area contributed by atoms with E-state index >= 15 is 0 Å². The van der Waals surface area contributed by atoms with E-state index in [0.29, 0.717) is 0 Å². The summed E-state index contributed by atoms with van der Waals surface area (Å²) in [6.07, 6.45) is 5.11. The van der Waals surface area contributed by atoms with E-state index in [1.54, 1.807) is 0 Å². The highest BCUT2D eigenvalue weighted by atomic mass is 35.5. The third-order valence-electron chi connectivity index (χ3n) is 0.520. The summed E-state index contributed by atoms with van der Waals surface area (Å²) in [7, 11) is 1.90. The lowest BCUT2D eigenvalue weighted by Gasteiger charge is -1.79. The van der Waals surface area contributed by atoms with Crippen LogP contribution in [0.2, 0.25) is 0 Å². The third kappa shape index (κ3) is 10.7. The average Bonchev–Trinajstić information content (AvgIpc) is 1.61. The van der Waals surface area contributed by atoms with Crippen molar-refractivity contribution in [3.05, 3.63) is 12.3 Å². The first-order valence-corrected chi connectivity index (χ1v) is 2.24. The van der Waals surface area contributed by atoms with Gasteiger partial charge in [0.15, 0.2) is 0 Å². The topological polar surface area (TPSA) is 12.0 Å². The smallest absolute Gasteiger partial charge is 0.00276 e. The zero-order chi connectivity index (χ0) is 4.83. The first-order chi connectivity index (χ1) is 2.91. The van der Waals surface area contributed by atoms with Gasteiger partial charge in [-0.25, -0.2) is 0 Å². The molecule has 0 amide bonds. The highest BCUT2D eigenvalue weighted by molar-refractivity contribution is 5.85. The third-order valence-corrected chi connectivity index (χ3v) is 0.520. The second-order valence-electron chi connectivity index (χ2n) is 1.10. The van der Waals surface area contributed by atoms with Crippen LogP contribution in [-0.2, 0) is 0 Å². The minimum atomic E-state index is 0. The molecule has 0 aliphatic carbocycles. The van der Waals surface area contributed by atoms with Crippen LogP contribution in [0.1, 0.15) is 13.3 Å². The van der Waals surface area contributed by atoms with E-state index in [9.17, 15) is 0 Å². The van der Waals surface area contributed by atoms with Crippen LogP contribution in [0.5, 0.6) is 0 Å². The van der Waals surface area contributed by atoms with Gasteiger partial charge in [-0.2, -0.15) is 0 Å². The van der Waals surface area contributed by atoms with Gasteiger partial charge in [0, 0.05) is 7.05 Å². The normalized spacial score (nSPS) is 8.29. The summed E-state index contributed by atoms with van der Waals surface area (Å²) in [5.74, 6) is 0. The van der Waals surface area contributed by atoms with Gasteiger partial charge < -0.3 is 5.32 Å². The van der Waals surface area contributed by atoms with Crippen LogP contribution in [0.25, 0.3) is 0 Å². The maximum atomic E-state index is 2.89. The molecule has 0 saturated heterocycles. The fourth-order valence-corrected chi connectivity index (χ4v) is 0.236. The van der Waals surface area contributed by atoms with Gasteiger partial charge >= 0.3 is 0 Å². The average molecular weight is 122 g/mol. The zero-order valence-corrected chi connectivity index (χ0v) is 5.59. The maximum Gasteiger partial charge on any atom is 0.00276 e. The Balaban J connectivity index is 0. The SMILES string of the molecule is CC/C=C/NC.Cl. The number of nitrogens with one attached hydrogen (secondary N) is 1. The highest BCUT2D eigenvalue weighted by Crippen LogP contribution is 1.72. The van der Waals surface area contributed by atoms with Crippen molar-refractivity contribution in [1.82, 2.24) is 5.32 Å². The van der Waals surface area contributed by atoms with Crippen molar-refractivity contribution in [2.75, 3.05) is 7.05 Å². The summed E-state index contributed by atoms with van der Waals surface area (Å²) in [6.45, 7) is 2.10. The Hall–Kier alpha value is -0.170. The summed E-state index contributed by atoms with van der Waals surface area (Å²) in [6, 6.07) is 0. The van der Waals surface area contributed by atoms with Gasteiger partial charge in [-0.05, 0) is 12.6 Å². The van der Waals surface area contributed by atoms with Gasteiger partial charge in [0.1, 0.15) is 0 Å². The van der Waals surface area contributed by atoms with Crippen LogP contribution in [-0.4, -0.2) is 7.05 Å². The van der Waals surface area contributed by atoms with Gasteiger partial charge in [-0.1, -0.05) is 13.0 Å². The standard InChI is InChI=1S/C5H11N.ClH/c1-3-4-5-6-2;/h4-6H,3H2,1-2H3;1H/b5-4+;. The molecule has 0 aromatic heterocycles. The molecule has 0 bridgehead atoms. The molecule has 0 aliphatic heterocycles. The van der Waals surface area contributed by atoms with E-state index in [4.69, 9.17) is 0 Å². The fourth-order valence-electron chi connectivity index (χ4n) is 0.236. The molecule has 0 aromatic rings. The molecule has 0 heterocycles. The van der Waals surface area contributed by atoms with Gasteiger partial charge in [0.2, 0.25) is 0 Å². The van der Waals surface area contributed by atoms with Crippen LogP contribution in [0.15, 0.2) is 12.3 Å². The quantitative estimate of drug-likeness (QED) is 0.585. The molecule has 0 radical (unpaired) electrons. The molecule has 0 fully saturated rings. The molecule has 0 unspecified atom stereocenters. The molecular weight excluding hydrogens is 110 g/mol. The predicted molar refractivity (Wildman–Crippen MR) is 35.7 cm³/mol. The van der Waals surface area contributed by atoms with Crippen LogP contribution in [0, 0.1) is 0 Å². The highest BCUT2D eigenvalue weighted by Gasteiger charge is 1.57. The summed E-state index contributed by atoms with van der Waals surface area (Å²) in [5.41, 5.74) is 0. The van der Waals surface area contributed by atoms with Crippen molar-refractivity contribution >= 4 is 12.4 Å². The van der Waals surface area contributed by atoms with Crippen LogP contribution >= 0.6 is 12.4 Å². The molecule has 0 aliphatic rings. The molecule has 44 valence electrons. The van der Waals surface area contributed by atoms with E-state index in [2.05, 4.69) is 18.3 Å². The van der Waals surface area contributed by atoms with E-state index < -0.39 is 0 Å². The zero-order valence-electron chi connectivity index (χ0n) is 4.77. The lowest BCUT2D eigenvalue weighted by Crippen LogP contribution is -1.89. The largest absolute Gasteiger partial charge is 0.394 e. The molecule has 0 saturated carbocycles. The molecule has 0 rings (SSSR count). The van der Waals surface area contributed by atoms with E-state index in [-0.39, 0.29) is 12.4 Å². The van der Waals surface area contributed by atoms with Crippen molar-refractivity contribution < 1.29 is 0 Å². The molecule has 7 heavy (non-hydrogen) atoms. The monoisotopic (exact) mass is 121 g/mol. The lowest BCUT2D eigenvalue weighted by molar-refractivity contribution is 1.07. The van der Waals surface area contributed by atoms with Crippen LogP contribution < -0.4 is 5.32 Å². The number of rotatable bonds is 2. The predicted octanol–water partition coefficient (Wildman–Crippen LogP) is 1.55. The summed E-state index contributed by atoms with van der Waals surface area (Å²) < 4.78 is 0. The van der Waals surface area contributed by atoms with Gasteiger partial charge in [0.25, 0.3) is 0 Å². The van der Waals surface area contributed by atoms with Crippen LogP contribution in [0.3, 0.4) is 0 Å². The Morgan fingerprint density at radius 1 is 1.57 bits per heavy atom. The molecule has 2 heteroatoms. The second-order valence-corrected chi connectivity index (χ2v) is 1.10. The van der Waals surface area contributed by atoms with Crippen molar-refractivity contribution in [1.29, 1.82) is 0 Å². The molecule has 0 aromatic carbocycles. The summed E-state index contributed by atoms with van der Waals surface area (Å²) >= 11 is 0. The van der Waals surface area contributed by atoms with Gasteiger partial charge in [-0.3, -0.25) is 0 Å². The van der Waals surface area contributed by atoms with E-state index in [1.807, 2.05) is 13.2 Å². The Morgan fingerprint density at radius 2 is 2.14 bits per heavy atom. The molecule has 1 nitrogen and oxygen atoms in total. The van der Waals surface area contributed by atoms with Crippen molar-refractivity contribution in [2.24, 2.45) is 0 Å². The molecule has 1 N–H and O–H groups in total. The van der Waals surface area contributed by atoms with E-state index in [0.717, 1.165) is 6.42 Å². The van der Waals surface area contributed by atoms with E-state index in [1.165, 1.54) is 0 Å². The van der Waals surface area contributed by atoms with Gasteiger partial charge in [-0.15, -0.1) is 12.4 Å². The molecular formula is C5H12ClN. The van der Waals surface area contributed by atoms with Crippen molar-refractivity contribution in [3.8, 4) is 0 Å². The number of allylic oxidation sites excluding steroid dienone is 1. The number of hydrogen-bond acceptors (Lipinski definition) is 1. The summed E-state index contributed by atoms with van der Waals surface area (Å²) in [5, 5.41) is 2.89.